The Labute approximate surface area is 98.2 Å². The SMILES string of the molecule is O=CNN=C(c1ccccn1)c1ccccn1. The van der Waals surface area contributed by atoms with Crippen LogP contribution in [0.3, 0.4) is 0 Å². The van der Waals surface area contributed by atoms with Gasteiger partial charge in [0, 0.05) is 12.4 Å². The maximum absolute atomic E-state index is 10.3. The first kappa shape index (κ1) is 10.9. The third-order valence-electron chi connectivity index (χ3n) is 2.04. The molecule has 0 unspecified atom stereocenters. The van der Waals surface area contributed by atoms with Crippen LogP contribution >= 0.6 is 0 Å². The maximum Gasteiger partial charge on any atom is 0.227 e. The van der Waals surface area contributed by atoms with Crippen molar-refractivity contribution in [2.75, 3.05) is 0 Å². The third kappa shape index (κ3) is 2.72. The van der Waals surface area contributed by atoms with Crippen molar-refractivity contribution in [2.45, 2.75) is 0 Å². The van der Waals surface area contributed by atoms with E-state index >= 15 is 0 Å². The van der Waals surface area contributed by atoms with Crippen LogP contribution in [0.15, 0.2) is 53.9 Å². The minimum absolute atomic E-state index is 0.506. The van der Waals surface area contributed by atoms with Crippen molar-refractivity contribution < 1.29 is 4.79 Å². The summed E-state index contributed by atoms with van der Waals surface area (Å²) in [4.78, 5) is 18.7. The van der Waals surface area contributed by atoms with Crippen molar-refractivity contribution in [3.8, 4) is 0 Å². The van der Waals surface area contributed by atoms with Crippen LogP contribution in [0.1, 0.15) is 11.4 Å². The molecule has 0 spiro atoms. The van der Waals surface area contributed by atoms with Gasteiger partial charge >= 0.3 is 0 Å². The van der Waals surface area contributed by atoms with E-state index in [1.165, 1.54) is 0 Å². The fourth-order valence-electron chi connectivity index (χ4n) is 1.34. The second-order valence-electron chi connectivity index (χ2n) is 3.14. The number of rotatable bonds is 4. The molecule has 0 aliphatic heterocycles. The van der Waals surface area contributed by atoms with Crippen LogP contribution in [-0.2, 0) is 4.79 Å². The van der Waals surface area contributed by atoms with Gasteiger partial charge < -0.3 is 0 Å². The Bertz CT molecular complexity index is 469. The lowest BCUT2D eigenvalue weighted by Crippen LogP contribution is -2.13. The monoisotopic (exact) mass is 226 g/mol. The molecule has 2 rings (SSSR count). The van der Waals surface area contributed by atoms with E-state index < -0.39 is 0 Å². The first-order valence-corrected chi connectivity index (χ1v) is 5.01. The zero-order valence-electron chi connectivity index (χ0n) is 8.95. The van der Waals surface area contributed by atoms with Gasteiger partial charge in [0.1, 0.15) is 5.71 Å². The Kier molecular flexibility index (Phi) is 3.54. The Morgan fingerprint density at radius 1 is 1.06 bits per heavy atom. The second-order valence-corrected chi connectivity index (χ2v) is 3.14. The van der Waals surface area contributed by atoms with Gasteiger partial charge in [0.15, 0.2) is 0 Å². The topological polar surface area (TPSA) is 67.2 Å². The molecule has 2 aromatic heterocycles. The van der Waals surface area contributed by atoms with Gasteiger partial charge in [-0.3, -0.25) is 14.8 Å². The molecule has 0 atom stereocenters. The van der Waals surface area contributed by atoms with Gasteiger partial charge in [-0.25, -0.2) is 5.43 Å². The van der Waals surface area contributed by atoms with E-state index in [9.17, 15) is 4.79 Å². The minimum atomic E-state index is 0.506. The average Bonchev–Trinajstić information content (AvgIpc) is 2.42. The molecule has 0 saturated carbocycles. The summed E-state index contributed by atoms with van der Waals surface area (Å²) in [6, 6.07) is 10.9. The standard InChI is InChI=1S/C12H10N4O/c17-9-15-16-12(10-5-1-3-7-13-10)11-6-2-4-8-14-11/h1-9H,(H,15,17). The molecule has 0 bridgehead atoms. The summed E-state index contributed by atoms with van der Waals surface area (Å²) >= 11 is 0. The predicted molar refractivity (Wildman–Crippen MR) is 63.3 cm³/mol. The smallest absolute Gasteiger partial charge is 0.227 e. The van der Waals surface area contributed by atoms with E-state index in [0.29, 0.717) is 23.5 Å². The lowest BCUT2D eigenvalue weighted by atomic mass is 10.1. The molecule has 0 fully saturated rings. The molecule has 0 aromatic carbocycles. The highest BCUT2D eigenvalue weighted by Crippen LogP contribution is 2.05. The van der Waals surface area contributed by atoms with Crippen LogP contribution < -0.4 is 5.43 Å². The Balaban J connectivity index is 2.43. The lowest BCUT2D eigenvalue weighted by Gasteiger charge is -2.03. The largest absolute Gasteiger partial charge is 0.277 e. The zero-order valence-corrected chi connectivity index (χ0v) is 8.95. The molecular weight excluding hydrogens is 216 g/mol. The van der Waals surface area contributed by atoms with Gasteiger partial charge in [-0.1, -0.05) is 12.1 Å². The number of carbonyl (C=O) groups excluding carboxylic acids is 1. The Morgan fingerprint density at radius 3 is 2.06 bits per heavy atom. The van der Waals surface area contributed by atoms with Crippen LogP contribution in [0.25, 0.3) is 0 Å². The third-order valence-corrected chi connectivity index (χ3v) is 2.04. The van der Waals surface area contributed by atoms with E-state index in [0.717, 1.165) is 0 Å². The lowest BCUT2D eigenvalue weighted by molar-refractivity contribution is -0.109. The van der Waals surface area contributed by atoms with Crippen LogP contribution in [0.5, 0.6) is 0 Å². The molecule has 0 aliphatic rings. The van der Waals surface area contributed by atoms with Gasteiger partial charge in [0.05, 0.1) is 11.4 Å². The molecule has 0 radical (unpaired) electrons. The van der Waals surface area contributed by atoms with Crippen molar-refractivity contribution in [3.05, 3.63) is 60.2 Å². The van der Waals surface area contributed by atoms with Crippen LogP contribution in [0, 0.1) is 0 Å². The molecule has 2 aromatic rings. The number of pyridine rings is 2. The molecular formula is C12H10N4O. The Hall–Kier alpha value is -2.56. The van der Waals surface area contributed by atoms with Crippen LogP contribution in [0.2, 0.25) is 0 Å². The highest BCUT2D eigenvalue weighted by Gasteiger charge is 2.08. The number of aromatic nitrogens is 2. The van der Waals surface area contributed by atoms with Crippen LogP contribution in [0.4, 0.5) is 0 Å². The number of hydrazone groups is 1. The van der Waals surface area contributed by atoms with Gasteiger partial charge in [0.2, 0.25) is 6.41 Å². The average molecular weight is 226 g/mol. The Morgan fingerprint density at radius 2 is 1.65 bits per heavy atom. The first-order valence-electron chi connectivity index (χ1n) is 5.01. The maximum atomic E-state index is 10.3. The second kappa shape index (κ2) is 5.50. The summed E-state index contributed by atoms with van der Waals surface area (Å²) in [5, 5.41) is 3.96. The van der Waals surface area contributed by atoms with E-state index in [-0.39, 0.29) is 0 Å². The summed E-state index contributed by atoms with van der Waals surface area (Å²) < 4.78 is 0. The zero-order chi connectivity index (χ0) is 11.9. The van der Waals surface area contributed by atoms with Gasteiger partial charge in [-0.05, 0) is 24.3 Å². The minimum Gasteiger partial charge on any atom is -0.277 e. The predicted octanol–water partition coefficient (Wildman–Crippen LogP) is 0.975. The number of amides is 1. The molecule has 2 heterocycles. The first-order chi connectivity index (χ1) is 8.42. The number of carbonyl (C=O) groups is 1. The summed E-state index contributed by atoms with van der Waals surface area (Å²) in [6.45, 7) is 0. The van der Waals surface area contributed by atoms with Gasteiger partial charge in [-0.15, -0.1) is 0 Å². The number of nitrogens with zero attached hydrogens (tertiary/aromatic N) is 3. The summed E-state index contributed by atoms with van der Waals surface area (Å²) in [5.41, 5.74) is 4.11. The van der Waals surface area contributed by atoms with Crippen molar-refractivity contribution in [2.24, 2.45) is 5.10 Å². The van der Waals surface area contributed by atoms with Crippen molar-refractivity contribution in [1.82, 2.24) is 15.4 Å². The van der Waals surface area contributed by atoms with Crippen molar-refractivity contribution >= 4 is 12.1 Å². The number of hydrogen-bond donors (Lipinski definition) is 1. The van der Waals surface area contributed by atoms with Crippen molar-refractivity contribution in [3.63, 3.8) is 0 Å². The number of nitrogens with one attached hydrogen (secondary N) is 1. The van der Waals surface area contributed by atoms with E-state index in [1.807, 2.05) is 24.3 Å². The molecule has 0 saturated heterocycles. The quantitative estimate of drug-likeness (QED) is 0.480. The normalized spacial score (nSPS) is 9.41. The molecule has 1 N–H and O–H groups in total. The fourth-order valence-corrected chi connectivity index (χ4v) is 1.34. The highest BCUT2D eigenvalue weighted by atomic mass is 16.1. The molecule has 5 heteroatoms. The highest BCUT2D eigenvalue weighted by molar-refractivity contribution is 6.10. The molecule has 17 heavy (non-hydrogen) atoms. The number of hydrogen-bond acceptors (Lipinski definition) is 4. The van der Waals surface area contributed by atoms with Crippen LogP contribution in [-0.4, -0.2) is 22.1 Å². The molecule has 5 nitrogen and oxygen atoms in total. The molecule has 0 aliphatic carbocycles. The summed E-state index contributed by atoms with van der Waals surface area (Å²) in [5.74, 6) is 0. The van der Waals surface area contributed by atoms with E-state index in [4.69, 9.17) is 0 Å². The fraction of sp³-hybridized carbons (Fsp3) is 0. The van der Waals surface area contributed by atoms with Crippen molar-refractivity contribution in [1.29, 1.82) is 0 Å². The molecule has 84 valence electrons. The van der Waals surface area contributed by atoms with E-state index in [1.54, 1.807) is 24.5 Å². The summed E-state index contributed by atoms with van der Waals surface area (Å²) in [6.07, 6.45) is 3.83. The molecule has 1 amide bonds. The van der Waals surface area contributed by atoms with E-state index in [2.05, 4.69) is 20.5 Å². The summed E-state index contributed by atoms with van der Waals surface area (Å²) in [7, 11) is 0. The van der Waals surface area contributed by atoms with Gasteiger partial charge in [0.25, 0.3) is 0 Å². The van der Waals surface area contributed by atoms with Gasteiger partial charge in [-0.2, -0.15) is 5.10 Å².